The first-order valence-electron chi connectivity index (χ1n) is 6.11. The first kappa shape index (κ1) is 12.1. The molecule has 0 spiro atoms. The zero-order chi connectivity index (χ0) is 13.4. The molecule has 4 heteroatoms. The number of benzene rings is 2. The van der Waals surface area contributed by atoms with Gasteiger partial charge in [-0.1, -0.05) is 35.9 Å². The van der Waals surface area contributed by atoms with Gasteiger partial charge in [0, 0.05) is 5.02 Å². The Bertz CT molecular complexity index is 746. The van der Waals surface area contributed by atoms with Crippen LogP contribution in [0.25, 0.3) is 11.0 Å². The van der Waals surface area contributed by atoms with Crippen molar-refractivity contribution in [1.82, 2.24) is 9.55 Å². The van der Waals surface area contributed by atoms with E-state index in [1.165, 1.54) is 11.1 Å². The van der Waals surface area contributed by atoms with E-state index in [2.05, 4.69) is 24.0 Å². The van der Waals surface area contributed by atoms with E-state index >= 15 is 0 Å². The molecule has 19 heavy (non-hydrogen) atoms. The third-order valence-electron chi connectivity index (χ3n) is 3.33. The number of rotatable bonds is 2. The number of nitrogens with two attached hydrogens (primary N) is 1. The van der Waals surface area contributed by atoms with Crippen molar-refractivity contribution in [3.8, 4) is 0 Å². The molecule has 1 aromatic heterocycles. The van der Waals surface area contributed by atoms with Crippen molar-refractivity contribution in [2.45, 2.75) is 13.5 Å². The summed E-state index contributed by atoms with van der Waals surface area (Å²) in [4.78, 5) is 4.36. The van der Waals surface area contributed by atoms with E-state index in [0.717, 1.165) is 11.0 Å². The van der Waals surface area contributed by atoms with Crippen LogP contribution in [0.4, 0.5) is 5.95 Å². The maximum atomic E-state index is 6.05. The van der Waals surface area contributed by atoms with Gasteiger partial charge < -0.3 is 10.3 Å². The van der Waals surface area contributed by atoms with Gasteiger partial charge in [-0.15, -0.1) is 0 Å². The van der Waals surface area contributed by atoms with Gasteiger partial charge in [-0.05, 0) is 36.2 Å². The van der Waals surface area contributed by atoms with Gasteiger partial charge in [-0.25, -0.2) is 4.98 Å². The average Bonchev–Trinajstić information content (AvgIpc) is 2.69. The molecule has 0 unspecified atom stereocenters. The summed E-state index contributed by atoms with van der Waals surface area (Å²) < 4.78 is 1.99. The molecule has 0 aliphatic rings. The molecule has 2 N–H and O–H groups in total. The summed E-state index contributed by atoms with van der Waals surface area (Å²) in [5.41, 5.74) is 10.3. The summed E-state index contributed by atoms with van der Waals surface area (Å²) in [7, 11) is 0. The van der Waals surface area contributed by atoms with Gasteiger partial charge in [0.1, 0.15) is 0 Å². The number of fused-ring (bicyclic) bond motifs is 1. The second-order valence-electron chi connectivity index (χ2n) is 4.62. The molecule has 3 nitrogen and oxygen atoms in total. The van der Waals surface area contributed by atoms with E-state index in [4.69, 9.17) is 17.3 Å². The second kappa shape index (κ2) is 4.59. The predicted octanol–water partition coefficient (Wildman–Crippen LogP) is 3.63. The first-order valence-corrected chi connectivity index (χ1v) is 6.49. The first-order chi connectivity index (χ1) is 9.15. The van der Waals surface area contributed by atoms with Gasteiger partial charge >= 0.3 is 0 Å². The number of anilines is 1. The number of imidazole rings is 1. The highest BCUT2D eigenvalue weighted by Gasteiger charge is 2.09. The molecule has 0 amide bonds. The molecule has 96 valence electrons. The Balaban J connectivity index is 2.12. The predicted molar refractivity (Wildman–Crippen MR) is 79.4 cm³/mol. The lowest BCUT2D eigenvalue weighted by molar-refractivity contribution is 0.832. The van der Waals surface area contributed by atoms with Crippen molar-refractivity contribution in [3.05, 3.63) is 58.6 Å². The minimum atomic E-state index is 0.514. The molecule has 3 aromatic rings. The van der Waals surface area contributed by atoms with E-state index in [-0.39, 0.29) is 0 Å². The fraction of sp³-hybridized carbons (Fsp3) is 0.133. The number of hydrogen-bond acceptors (Lipinski definition) is 2. The molecule has 0 bridgehead atoms. The monoisotopic (exact) mass is 271 g/mol. The zero-order valence-electron chi connectivity index (χ0n) is 10.6. The van der Waals surface area contributed by atoms with Crippen molar-refractivity contribution in [1.29, 1.82) is 0 Å². The Kier molecular flexibility index (Phi) is 2.91. The van der Waals surface area contributed by atoms with Crippen molar-refractivity contribution >= 4 is 28.6 Å². The molecule has 0 atom stereocenters. The highest BCUT2D eigenvalue weighted by Crippen LogP contribution is 2.23. The molecule has 0 radical (unpaired) electrons. The summed E-state index contributed by atoms with van der Waals surface area (Å²) >= 11 is 6.05. The Morgan fingerprint density at radius 3 is 2.79 bits per heavy atom. The lowest BCUT2D eigenvalue weighted by Crippen LogP contribution is -2.05. The largest absolute Gasteiger partial charge is 0.369 e. The zero-order valence-corrected chi connectivity index (χ0v) is 11.4. The Morgan fingerprint density at radius 1 is 1.21 bits per heavy atom. The Hall–Kier alpha value is -2.00. The third kappa shape index (κ3) is 2.17. The van der Waals surface area contributed by atoms with Crippen LogP contribution in [0.5, 0.6) is 0 Å². The van der Waals surface area contributed by atoms with Crippen LogP contribution in [0.3, 0.4) is 0 Å². The fourth-order valence-corrected chi connectivity index (χ4v) is 2.40. The van der Waals surface area contributed by atoms with Crippen LogP contribution in [0.15, 0.2) is 42.5 Å². The molecule has 0 fully saturated rings. The van der Waals surface area contributed by atoms with Crippen LogP contribution in [0.2, 0.25) is 5.02 Å². The fourth-order valence-electron chi connectivity index (χ4n) is 2.24. The van der Waals surface area contributed by atoms with E-state index in [1.807, 2.05) is 34.9 Å². The molecule has 0 saturated heterocycles. The molecule has 0 aliphatic carbocycles. The van der Waals surface area contributed by atoms with Gasteiger partial charge in [0.15, 0.2) is 0 Å². The molecular formula is C15H14ClN3. The number of halogens is 1. The maximum absolute atomic E-state index is 6.05. The Morgan fingerprint density at radius 2 is 2.00 bits per heavy atom. The summed E-state index contributed by atoms with van der Waals surface area (Å²) in [5.74, 6) is 0.514. The van der Waals surface area contributed by atoms with E-state index in [9.17, 15) is 0 Å². The van der Waals surface area contributed by atoms with Gasteiger partial charge in [0.2, 0.25) is 5.95 Å². The van der Waals surface area contributed by atoms with Gasteiger partial charge in [-0.3, -0.25) is 0 Å². The van der Waals surface area contributed by atoms with E-state index in [1.54, 1.807) is 0 Å². The van der Waals surface area contributed by atoms with Gasteiger partial charge in [0.25, 0.3) is 0 Å². The van der Waals surface area contributed by atoms with Crippen molar-refractivity contribution < 1.29 is 0 Å². The highest BCUT2D eigenvalue weighted by atomic mass is 35.5. The van der Waals surface area contributed by atoms with E-state index < -0.39 is 0 Å². The second-order valence-corrected chi connectivity index (χ2v) is 5.05. The van der Waals surface area contributed by atoms with E-state index in [0.29, 0.717) is 17.5 Å². The minimum Gasteiger partial charge on any atom is -0.369 e. The van der Waals surface area contributed by atoms with Crippen LogP contribution < -0.4 is 5.73 Å². The lowest BCUT2D eigenvalue weighted by atomic mass is 10.1. The van der Waals surface area contributed by atoms with Crippen LogP contribution in [0, 0.1) is 6.92 Å². The smallest absolute Gasteiger partial charge is 0.201 e. The highest BCUT2D eigenvalue weighted by molar-refractivity contribution is 6.31. The van der Waals surface area contributed by atoms with Crippen LogP contribution in [-0.4, -0.2) is 9.55 Å². The number of hydrogen-bond donors (Lipinski definition) is 1. The topological polar surface area (TPSA) is 43.8 Å². The van der Waals surface area contributed by atoms with Crippen molar-refractivity contribution in [2.24, 2.45) is 0 Å². The normalized spacial score (nSPS) is 11.1. The maximum Gasteiger partial charge on any atom is 0.201 e. The summed E-state index contributed by atoms with van der Waals surface area (Å²) in [6.45, 7) is 2.80. The molecule has 3 rings (SSSR count). The number of aryl methyl sites for hydroxylation is 1. The summed E-state index contributed by atoms with van der Waals surface area (Å²) in [6.07, 6.45) is 0. The standard InChI is InChI=1S/C15H14ClN3/c1-10-4-2-3-5-11(10)9-19-14-8-12(16)6-7-13(14)18-15(19)17/h2-8H,9H2,1H3,(H2,17,18). The molecule has 0 aliphatic heterocycles. The number of aromatic nitrogens is 2. The van der Waals surface area contributed by atoms with Crippen molar-refractivity contribution in [2.75, 3.05) is 5.73 Å². The van der Waals surface area contributed by atoms with Gasteiger partial charge in [-0.2, -0.15) is 0 Å². The third-order valence-corrected chi connectivity index (χ3v) is 3.56. The van der Waals surface area contributed by atoms with Gasteiger partial charge in [0.05, 0.1) is 17.6 Å². The summed E-state index contributed by atoms with van der Waals surface area (Å²) in [5, 5.41) is 0.693. The van der Waals surface area contributed by atoms with Crippen LogP contribution >= 0.6 is 11.6 Å². The van der Waals surface area contributed by atoms with Crippen LogP contribution in [0.1, 0.15) is 11.1 Å². The molecule has 1 heterocycles. The Labute approximate surface area is 116 Å². The SMILES string of the molecule is Cc1ccccc1Cn1c(N)nc2ccc(Cl)cc21. The number of nitrogens with zero attached hydrogens (tertiary/aromatic N) is 2. The number of nitrogen functional groups attached to an aromatic ring is 1. The van der Waals surface area contributed by atoms with Crippen LogP contribution in [-0.2, 0) is 6.54 Å². The summed E-state index contributed by atoms with van der Waals surface area (Å²) in [6, 6.07) is 13.9. The molecule has 0 saturated carbocycles. The lowest BCUT2D eigenvalue weighted by Gasteiger charge is -2.09. The molecular weight excluding hydrogens is 258 g/mol. The van der Waals surface area contributed by atoms with Crippen molar-refractivity contribution in [3.63, 3.8) is 0 Å². The average molecular weight is 272 g/mol. The quantitative estimate of drug-likeness (QED) is 0.773. The minimum absolute atomic E-state index is 0.514. The molecule has 2 aromatic carbocycles.